The van der Waals surface area contributed by atoms with Gasteiger partial charge in [-0.3, -0.25) is 9.59 Å². The van der Waals surface area contributed by atoms with Crippen LogP contribution in [0.2, 0.25) is 0 Å². The van der Waals surface area contributed by atoms with Gasteiger partial charge in [-0.1, -0.05) is 57.9 Å². The second kappa shape index (κ2) is 11.1. The molecular formula is C18H26O3. The maximum absolute atomic E-state index is 11.0. The zero-order valence-corrected chi connectivity index (χ0v) is 13.0. The van der Waals surface area contributed by atoms with E-state index in [9.17, 15) is 9.59 Å². The van der Waals surface area contributed by atoms with Crippen LogP contribution in [0.1, 0.15) is 79.0 Å². The summed E-state index contributed by atoms with van der Waals surface area (Å²) in [5.74, 6) is 0.422. The van der Waals surface area contributed by atoms with E-state index in [0.29, 0.717) is 23.5 Å². The van der Waals surface area contributed by atoms with E-state index in [-0.39, 0.29) is 0 Å². The number of ether oxygens (including phenoxy) is 1. The summed E-state index contributed by atoms with van der Waals surface area (Å²) >= 11 is 0. The number of aldehydes is 2. The van der Waals surface area contributed by atoms with Crippen LogP contribution in [0.15, 0.2) is 18.2 Å². The minimum Gasteiger partial charge on any atom is -0.492 e. The van der Waals surface area contributed by atoms with Crippen molar-refractivity contribution < 1.29 is 14.3 Å². The molecule has 1 aromatic carbocycles. The largest absolute Gasteiger partial charge is 0.492 e. The molecule has 0 unspecified atom stereocenters. The van der Waals surface area contributed by atoms with E-state index in [1.54, 1.807) is 18.2 Å². The quantitative estimate of drug-likeness (QED) is 0.409. The minimum absolute atomic E-state index is 0.422. The van der Waals surface area contributed by atoms with Gasteiger partial charge in [-0.2, -0.15) is 0 Å². The lowest BCUT2D eigenvalue weighted by molar-refractivity contribution is 0.111. The monoisotopic (exact) mass is 290 g/mol. The molecule has 0 saturated carbocycles. The van der Waals surface area contributed by atoms with Crippen LogP contribution in [0, 0.1) is 0 Å². The molecule has 1 aromatic rings. The highest BCUT2D eigenvalue weighted by atomic mass is 16.5. The Labute approximate surface area is 127 Å². The summed E-state index contributed by atoms with van der Waals surface area (Å²) in [4.78, 5) is 21.9. The van der Waals surface area contributed by atoms with Crippen LogP contribution in [0.25, 0.3) is 0 Å². The molecule has 21 heavy (non-hydrogen) atoms. The van der Waals surface area contributed by atoms with Gasteiger partial charge in [0.1, 0.15) is 5.75 Å². The normalized spacial score (nSPS) is 10.3. The highest BCUT2D eigenvalue weighted by molar-refractivity contribution is 5.88. The highest BCUT2D eigenvalue weighted by Gasteiger charge is 2.08. The second-order valence-electron chi connectivity index (χ2n) is 5.32. The maximum Gasteiger partial charge on any atom is 0.153 e. The summed E-state index contributed by atoms with van der Waals surface area (Å²) in [7, 11) is 0. The number of benzene rings is 1. The number of hydrogen-bond donors (Lipinski definition) is 0. The fourth-order valence-corrected chi connectivity index (χ4v) is 2.34. The average Bonchev–Trinajstić information content (AvgIpc) is 2.53. The predicted molar refractivity (Wildman–Crippen MR) is 85.3 cm³/mol. The summed E-state index contributed by atoms with van der Waals surface area (Å²) in [6, 6.07) is 5.03. The molecule has 0 saturated heterocycles. The number of hydrogen-bond acceptors (Lipinski definition) is 3. The van der Waals surface area contributed by atoms with Gasteiger partial charge in [0.25, 0.3) is 0 Å². The predicted octanol–water partition coefficient (Wildman–Crippen LogP) is 4.83. The van der Waals surface area contributed by atoms with E-state index in [1.165, 1.54) is 38.5 Å². The first-order valence-electron chi connectivity index (χ1n) is 7.99. The number of unbranched alkanes of at least 4 members (excludes halogenated alkanes) is 7. The van der Waals surface area contributed by atoms with Crippen LogP contribution in [0.5, 0.6) is 5.75 Å². The molecule has 3 nitrogen and oxygen atoms in total. The van der Waals surface area contributed by atoms with E-state index < -0.39 is 0 Å². The van der Waals surface area contributed by atoms with Gasteiger partial charge in [-0.25, -0.2) is 0 Å². The molecule has 1 rings (SSSR count). The van der Waals surface area contributed by atoms with Crippen molar-refractivity contribution in [2.45, 2.75) is 58.3 Å². The Morgan fingerprint density at radius 2 is 1.38 bits per heavy atom. The highest BCUT2D eigenvalue weighted by Crippen LogP contribution is 2.21. The van der Waals surface area contributed by atoms with Crippen LogP contribution in [-0.2, 0) is 0 Å². The van der Waals surface area contributed by atoms with E-state index >= 15 is 0 Å². The van der Waals surface area contributed by atoms with Crippen molar-refractivity contribution in [2.75, 3.05) is 6.61 Å². The third-order valence-electron chi connectivity index (χ3n) is 3.57. The molecule has 0 fully saturated rings. The Kier molecular flexibility index (Phi) is 9.18. The summed E-state index contributed by atoms with van der Waals surface area (Å²) in [6.45, 7) is 2.78. The van der Waals surface area contributed by atoms with Crippen molar-refractivity contribution >= 4 is 12.6 Å². The van der Waals surface area contributed by atoms with Crippen LogP contribution in [0.3, 0.4) is 0 Å². The number of carbonyl (C=O) groups is 2. The third kappa shape index (κ3) is 6.56. The zero-order valence-electron chi connectivity index (χ0n) is 13.0. The summed E-state index contributed by atoms with van der Waals surface area (Å²) in [5.41, 5.74) is 0.887. The molecule has 0 aromatic heterocycles. The van der Waals surface area contributed by atoms with Gasteiger partial charge < -0.3 is 4.74 Å². The fourth-order valence-electron chi connectivity index (χ4n) is 2.34. The SMILES string of the molecule is CCCCCCCCCCOc1c(C=O)cccc1C=O. The van der Waals surface area contributed by atoms with Crippen molar-refractivity contribution in [3.8, 4) is 5.75 Å². The van der Waals surface area contributed by atoms with Crippen molar-refractivity contribution in [2.24, 2.45) is 0 Å². The Morgan fingerprint density at radius 1 is 0.857 bits per heavy atom. The Balaban J connectivity index is 2.24. The standard InChI is InChI=1S/C18H26O3/c1-2-3-4-5-6-7-8-9-13-21-18-16(14-19)11-10-12-17(18)15-20/h10-12,14-15H,2-9,13H2,1H3. The van der Waals surface area contributed by atoms with E-state index in [2.05, 4.69) is 6.92 Å². The molecular weight excluding hydrogens is 264 g/mol. The van der Waals surface area contributed by atoms with E-state index in [1.807, 2.05) is 0 Å². The molecule has 0 bridgehead atoms. The van der Waals surface area contributed by atoms with Gasteiger partial charge >= 0.3 is 0 Å². The van der Waals surface area contributed by atoms with E-state index in [0.717, 1.165) is 25.4 Å². The average molecular weight is 290 g/mol. The molecule has 0 amide bonds. The number of para-hydroxylation sites is 1. The molecule has 116 valence electrons. The first-order valence-corrected chi connectivity index (χ1v) is 7.99. The molecule has 0 aliphatic rings. The van der Waals surface area contributed by atoms with Gasteiger partial charge in [-0.05, 0) is 18.6 Å². The van der Waals surface area contributed by atoms with Crippen LogP contribution in [0.4, 0.5) is 0 Å². The van der Waals surface area contributed by atoms with Crippen molar-refractivity contribution in [3.63, 3.8) is 0 Å². The Morgan fingerprint density at radius 3 is 1.90 bits per heavy atom. The molecule has 0 aliphatic carbocycles. The smallest absolute Gasteiger partial charge is 0.153 e. The summed E-state index contributed by atoms with van der Waals surface area (Å²) in [6.07, 6.45) is 11.3. The number of carbonyl (C=O) groups excluding carboxylic acids is 2. The zero-order chi connectivity index (χ0) is 15.3. The van der Waals surface area contributed by atoms with Crippen molar-refractivity contribution in [1.82, 2.24) is 0 Å². The first-order chi connectivity index (χ1) is 10.3. The minimum atomic E-state index is 0.422. The summed E-state index contributed by atoms with van der Waals surface area (Å²) in [5, 5.41) is 0. The third-order valence-corrected chi connectivity index (χ3v) is 3.57. The lowest BCUT2D eigenvalue weighted by atomic mass is 10.1. The van der Waals surface area contributed by atoms with Gasteiger partial charge in [0, 0.05) is 0 Å². The van der Waals surface area contributed by atoms with Gasteiger partial charge in [0.05, 0.1) is 17.7 Å². The molecule has 0 spiro atoms. The lowest BCUT2D eigenvalue weighted by Crippen LogP contribution is -2.03. The maximum atomic E-state index is 11.0. The van der Waals surface area contributed by atoms with Crippen LogP contribution >= 0.6 is 0 Å². The van der Waals surface area contributed by atoms with Crippen LogP contribution < -0.4 is 4.74 Å². The summed E-state index contributed by atoms with van der Waals surface area (Å²) < 4.78 is 5.63. The second-order valence-corrected chi connectivity index (χ2v) is 5.32. The molecule has 0 heterocycles. The van der Waals surface area contributed by atoms with Crippen LogP contribution in [-0.4, -0.2) is 19.2 Å². The molecule has 0 N–H and O–H groups in total. The lowest BCUT2D eigenvalue weighted by Gasteiger charge is -2.10. The van der Waals surface area contributed by atoms with Gasteiger partial charge in [0.15, 0.2) is 12.6 Å². The molecule has 3 heteroatoms. The van der Waals surface area contributed by atoms with Crippen molar-refractivity contribution in [3.05, 3.63) is 29.3 Å². The topological polar surface area (TPSA) is 43.4 Å². The van der Waals surface area contributed by atoms with Crippen molar-refractivity contribution in [1.29, 1.82) is 0 Å². The molecule has 0 aliphatic heterocycles. The Bertz CT molecular complexity index is 400. The fraction of sp³-hybridized carbons (Fsp3) is 0.556. The number of rotatable bonds is 12. The van der Waals surface area contributed by atoms with Gasteiger partial charge in [-0.15, -0.1) is 0 Å². The van der Waals surface area contributed by atoms with E-state index in [4.69, 9.17) is 4.74 Å². The Hall–Kier alpha value is -1.64. The van der Waals surface area contributed by atoms with Gasteiger partial charge in [0.2, 0.25) is 0 Å². The molecule has 0 atom stereocenters. The first kappa shape index (κ1) is 17.4. The molecule has 0 radical (unpaired) electrons.